The summed E-state index contributed by atoms with van der Waals surface area (Å²) in [6.07, 6.45) is 6.71. The van der Waals surface area contributed by atoms with Gasteiger partial charge >= 0.3 is 6.03 Å². The number of nitrogens with one attached hydrogen (secondary N) is 1. The van der Waals surface area contributed by atoms with Crippen LogP contribution in [0.25, 0.3) is 6.08 Å². The zero-order chi connectivity index (χ0) is 15.4. The van der Waals surface area contributed by atoms with Crippen LogP contribution < -0.4 is 14.8 Å². The first-order chi connectivity index (χ1) is 10.1. The second-order valence-corrected chi connectivity index (χ2v) is 4.26. The lowest BCUT2D eigenvalue weighted by Gasteiger charge is -2.09. The van der Waals surface area contributed by atoms with Crippen LogP contribution in [0.15, 0.2) is 23.9 Å². The molecule has 0 aromatic heterocycles. The van der Waals surface area contributed by atoms with Crippen LogP contribution in [0.1, 0.15) is 5.56 Å². The van der Waals surface area contributed by atoms with Crippen molar-refractivity contribution in [3.63, 3.8) is 0 Å². The Morgan fingerprint density at radius 2 is 2.14 bits per heavy atom. The van der Waals surface area contributed by atoms with Gasteiger partial charge in [0.25, 0.3) is 5.91 Å². The number of urea groups is 1. The summed E-state index contributed by atoms with van der Waals surface area (Å²) in [5.41, 5.74) is 0.903. The number of hydrogen-bond donors (Lipinski definition) is 1. The molecule has 0 unspecified atom stereocenters. The van der Waals surface area contributed by atoms with E-state index in [2.05, 4.69) is 11.2 Å². The molecular weight excluding hydrogens is 272 g/mol. The lowest BCUT2D eigenvalue weighted by Crippen LogP contribution is -2.25. The van der Waals surface area contributed by atoms with E-state index in [4.69, 9.17) is 15.9 Å². The van der Waals surface area contributed by atoms with Gasteiger partial charge < -0.3 is 14.8 Å². The fraction of sp³-hybridized carbons (Fsp3) is 0.200. The molecular formula is C15H14N2O4. The first-order valence-electron chi connectivity index (χ1n) is 6.12. The Morgan fingerprint density at radius 3 is 2.71 bits per heavy atom. The molecule has 21 heavy (non-hydrogen) atoms. The van der Waals surface area contributed by atoms with E-state index in [9.17, 15) is 9.59 Å². The molecule has 1 aromatic carbocycles. The summed E-state index contributed by atoms with van der Waals surface area (Å²) in [7, 11) is 2.92. The van der Waals surface area contributed by atoms with Crippen LogP contribution in [0.5, 0.6) is 11.5 Å². The first kappa shape index (κ1) is 14.5. The van der Waals surface area contributed by atoms with Crippen LogP contribution in [0, 0.1) is 12.3 Å². The van der Waals surface area contributed by atoms with Crippen molar-refractivity contribution >= 4 is 18.0 Å². The number of ether oxygens (including phenoxy) is 2. The molecule has 0 spiro atoms. The highest BCUT2D eigenvalue weighted by molar-refractivity contribution is 6.13. The molecule has 6 nitrogen and oxygen atoms in total. The maximum absolute atomic E-state index is 11.8. The molecule has 1 aliphatic heterocycles. The Bertz CT molecular complexity index is 658. The summed E-state index contributed by atoms with van der Waals surface area (Å²) >= 11 is 0. The number of rotatable bonds is 4. The zero-order valence-corrected chi connectivity index (χ0v) is 11.7. The van der Waals surface area contributed by atoms with E-state index in [0.717, 1.165) is 4.90 Å². The number of terminal acetylenes is 1. The second kappa shape index (κ2) is 6.01. The number of likely N-dealkylation sites (N-methyl/N-ethyl adjacent to an activating group) is 1. The number of carbonyl (C=O) groups excluding carboxylic acids is 2. The highest BCUT2D eigenvalue weighted by Gasteiger charge is 2.29. The van der Waals surface area contributed by atoms with E-state index in [-0.39, 0.29) is 18.2 Å². The minimum Gasteiger partial charge on any atom is -0.493 e. The quantitative estimate of drug-likeness (QED) is 0.513. The van der Waals surface area contributed by atoms with Crippen LogP contribution in [-0.2, 0) is 4.79 Å². The molecule has 1 saturated heterocycles. The third kappa shape index (κ3) is 2.98. The normalized spacial score (nSPS) is 15.9. The molecule has 1 heterocycles. The molecule has 3 amide bonds. The maximum Gasteiger partial charge on any atom is 0.328 e. The number of methoxy groups -OCH3 is 1. The van der Waals surface area contributed by atoms with Gasteiger partial charge in [0.2, 0.25) is 0 Å². The van der Waals surface area contributed by atoms with Gasteiger partial charge in [-0.15, -0.1) is 6.42 Å². The summed E-state index contributed by atoms with van der Waals surface area (Å²) in [5, 5.41) is 2.49. The van der Waals surface area contributed by atoms with Crippen LogP contribution in [0.3, 0.4) is 0 Å². The highest BCUT2D eigenvalue weighted by Crippen LogP contribution is 2.29. The number of hydrogen-bond acceptors (Lipinski definition) is 4. The SMILES string of the molecule is C#CCOc1ccc(/C=C2/NC(=O)N(C)C2=O)cc1OC. The predicted molar refractivity (Wildman–Crippen MR) is 76.6 cm³/mol. The number of imide groups is 1. The van der Waals surface area contributed by atoms with Gasteiger partial charge in [-0.05, 0) is 23.8 Å². The summed E-state index contributed by atoms with van der Waals surface area (Å²) < 4.78 is 10.5. The van der Waals surface area contributed by atoms with Crippen molar-refractivity contribution in [2.75, 3.05) is 20.8 Å². The van der Waals surface area contributed by atoms with E-state index in [1.54, 1.807) is 24.3 Å². The van der Waals surface area contributed by atoms with Gasteiger partial charge in [-0.1, -0.05) is 12.0 Å². The maximum atomic E-state index is 11.8. The van der Waals surface area contributed by atoms with Gasteiger partial charge in [-0.3, -0.25) is 9.69 Å². The van der Waals surface area contributed by atoms with Crippen LogP contribution in [0.2, 0.25) is 0 Å². The van der Waals surface area contributed by atoms with E-state index in [1.165, 1.54) is 14.2 Å². The minimum absolute atomic E-state index is 0.135. The third-order valence-corrected chi connectivity index (χ3v) is 2.89. The predicted octanol–water partition coefficient (Wildman–Crippen LogP) is 1.23. The van der Waals surface area contributed by atoms with Crippen molar-refractivity contribution in [3.8, 4) is 23.8 Å². The largest absolute Gasteiger partial charge is 0.493 e. The topological polar surface area (TPSA) is 67.9 Å². The molecule has 6 heteroatoms. The molecule has 108 valence electrons. The Labute approximate surface area is 122 Å². The van der Waals surface area contributed by atoms with Crippen molar-refractivity contribution in [2.45, 2.75) is 0 Å². The van der Waals surface area contributed by atoms with Crippen molar-refractivity contribution in [1.82, 2.24) is 10.2 Å². The summed E-state index contributed by atoms with van der Waals surface area (Å²) in [4.78, 5) is 24.2. The molecule has 1 fully saturated rings. The number of amides is 3. The number of benzene rings is 1. The minimum atomic E-state index is -0.452. The summed E-state index contributed by atoms with van der Waals surface area (Å²) in [5.74, 6) is 2.99. The molecule has 0 aliphatic carbocycles. The van der Waals surface area contributed by atoms with Gasteiger partial charge in [0.1, 0.15) is 12.3 Å². The highest BCUT2D eigenvalue weighted by atomic mass is 16.5. The van der Waals surface area contributed by atoms with Crippen LogP contribution >= 0.6 is 0 Å². The van der Waals surface area contributed by atoms with E-state index < -0.39 is 6.03 Å². The van der Waals surface area contributed by atoms with Gasteiger partial charge in [-0.25, -0.2) is 4.79 Å². The second-order valence-electron chi connectivity index (χ2n) is 4.26. The van der Waals surface area contributed by atoms with E-state index in [1.807, 2.05) is 0 Å². The van der Waals surface area contributed by atoms with E-state index >= 15 is 0 Å². The van der Waals surface area contributed by atoms with Crippen molar-refractivity contribution in [2.24, 2.45) is 0 Å². The first-order valence-corrected chi connectivity index (χ1v) is 6.12. The Morgan fingerprint density at radius 1 is 1.38 bits per heavy atom. The monoisotopic (exact) mass is 286 g/mol. The van der Waals surface area contributed by atoms with Gasteiger partial charge in [-0.2, -0.15) is 0 Å². The molecule has 2 rings (SSSR count). The average molecular weight is 286 g/mol. The molecule has 1 aliphatic rings. The van der Waals surface area contributed by atoms with Crippen LogP contribution in [0.4, 0.5) is 4.79 Å². The molecule has 0 saturated carbocycles. The molecule has 0 radical (unpaired) electrons. The standard InChI is InChI=1S/C15H14N2O4/c1-4-7-21-12-6-5-10(9-13(12)20-3)8-11-14(18)17(2)15(19)16-11/h1,5-6,8-9H,7H2,2-3H3,(H,16,19)/b11-8+. The fourth-order valence-corrected chi connectivity index (χ4v) is 1.80. The van der Waals surface area contributed by atoms with Crippen LogP contribution in [-0.4, -0.2) is 37.6 Å². The van der Waals surface area contributed by atoms with Gasteiger partial charge in [0.15, 0.2) is 11.5 Å². The lowest BCUT2D eigenvalue weighted by atomic mass is 10.1. The Balaban J connectivity index is 2.28. The van der Waals surface area contributed by atoms with Crippen molar-refractivity contribution in [1.29, 1.82) is 0 Å². The summed E-state index contributed by atoms with van der Waals surface area (Å²) in [6.45, 7) is 0.135. The zero-order valence-electron chi connectivity index (χ0n) is 11.7. The van der Waals surface area contributed by atoms with Gasteiger partial charge in [0, 0.05) is 7.05 Å². The smallest absolute Gasteiger partial charge is 0.328 e. The van der Waals surface area contributed by atoms with Gasteiger partial charge in [0.05, 0.1) is 7.11 Å². The molecule has 0 bridgehead atoms. The van der Waals surface area contributed by atoms with Crippen molar-refractivity contribution < 1.29 is 19.1 Å². The van der Waals surface area contributed by atoms with E-state index in [0.29, 0.717) is 17.1 Å². The average Bonchev–Trinajstić information content (AvgIpc) is 2.73. The fourth-order valence-electron chi connectivity index (χ4n) is 1.80. The molecule has 1 aromatic rings. The third-order valence-electron chi connectivity index (χ3n) is 2.89. The number of carbonyl (C=O) groups is 2. The number of nitrogens with zero attached hydrogens (tertiary/aromatic N) is 1. The summed E-state index contributed by atoms with van der Waals surface area (Å²) in [6, 6.07) is 4.66. The Hall–Kier alpha value is -2.94. The Kier molecular flexibility index (Phi) is 4.14. The molecule has 0 atom stereocenters. The lowest BCUT2D eigenvalue weighted by molar-refractivity contribution is -0.121. The molecule has 1 N–H and O–H groups in total. The van der Waals surface area contributed by atoms with Crippen molar-refractivity contribution in [3.05, 3.63) is 29.5 Å².